The maximum Gasteiger partial charge on any atom is 0.407 e. The van der Waals surface area contributed by atoms with E-state index in [2.05, 4.69) is 36.5 Å². The van der Waals surface area contributed by atoms with E-state index in [0.29, 0.717) is 158 Å². The number of nitrogens with one attached hydrogen (secondary N) is 1. The van der Waals surface area contributed by atoms with Crippen LogP contribution >= 0.6 is 0 Å². The van der Waals surface area contributed by atoms with Crippen LogP contribution in [0.1, 0.15) is 68.9 Å². The number of hydrogen-bond donors (Lipinski definition) is 1. The lowest BCUT2D eigenvalue weighted by atomic mass is 9.98. The molecule has 0 radical (unpaired) electrons. The molecule has 15 heteroatoms. The molecule has 61 heavy (non-hydrogen) atoms. The van der Waals surface area contributed by atoms with Crippen molar-refractivity contribution >= 4 is 12.1 Å². The number of unbranched alkanes of at least 4 members (excludes halogenated alkanes) is 4. The van der Waals surface area contributed by atoms with E-state index in [1.54, 1.807) is 0 Å². The zero-order valence-electron chi connectivity index (χ0n) is 36.6. The summed E-state index contributed by atoms with van der Waals surface area (Å²) in [5.41, 5.74) is 4.80. The summed E-state index contributed by atoms with van der Waals surface area (Å²) in [6.07, 6.45) is 6.31. The lowest BCUT2D eigenvalue weighted by Crippen LogP contribution is -2.27. The van der Waals surface area contributed by atoms with E-state index in [0.717, 1.165) is 12.8 Å². The molecule has 0 aliphatic heterocycles. The van der Waals surface area contributed by atoms with E-state index in [4.69, 9.17) is 56.8 Å². The van der Waals surface area contributed by atoms with E-state index in [1.165, 1.54) is 41.5 Å². The Hall–Kier alpha value is -3.22. The predicted octanol–water partition coefficient (Wildman–Crippen LogP) is 5.98. The molecular formula is C46H73NO14. The minimum atomic E-state index is -0.418. The molecule has 0 atom stereocenters. The number of alkyl carbamates (subject to hydrolysis) is 1. The first-order valence-electron chi connectivity index (χ1n) is 22.2. The van der Waals surface area contributed by atoms with Gasteiger partial charge in [-0.1, -0.05) is 81.1 Å². The molecule has 0 saturated heterocycles. The molecular weight excluding hydrogens is 790 g/mol. The van der Waals surface area contributed by atoms with Gasteiger partial charge in [0.2, 0.25) is 0 Å². The number of fused-ring (bicyclic) bond motifs is 3. The van der Waals surface area contributed by atoms with Crippen molar-refractivity contribution in [3.05, 3.63) is 59.7 Å². The van der Waals surface area contributed by atoms with E-state index in [-0.39, 0.29) is 18.5 Å². The first-order chi connectivity index (χ1) is 30.2. The molecule has 0 unspecified atom stereocenters. The average molecular weight is 864 g/mol. The molecule has 0 aromatic heterocycles. The summed E-state index contributed by atoms with van der Waals surface area (Å²) >= 11 is 0. The normalized spacial score (nSPS) is 12.1. The third-order valence-electron chi connectivity index (χ3n) is 9.40. The molecule has 15 nitrogen and oxygen atoms in total. The highest BCUT2D eigenvalue weighted by atomic mass is 16.6. The topological polar surface area (TPSA) is 157 Å². The Kier molecular flexibility index (Phi) is 31.9. The van der Waals surface area contributed by atoms with Crippen LogP contribution in [-0.2, 0) is 61.6 Å². The number of amides is 1. The third kappa shape index (κ3) is 26.1. The minimum Gasteiger partial charge on any atom is -0.463 e. The van der Waals surface area contributed by atoms with Gasteiger partial charge in [0.05, 0.1) is 126 Å². The van der Waals surface area contributed by atoms with Gasteiger partial charge < -0.3 is 62.2 Å². The van der Waals surface area contributed by atoms with Crippen LogP contribution in [0, 0.1) is 0 Å². The molecule has 0 saturated carbocycles. The number of carbonyl (C=O) groups is 2. The maximum absolute atomic E-state index is 12.3. The fraction of sp³-hybridized carbons (Fsp3) is 0.696. The second-order valence-electron chi connectivity index (χ2n) is 14.1. The molecule has 0 bridgehead atoms. The smallest absolute Gasteiger partial charge is 0.407 e. The minimum absolute atomic E-state index is 0.0461. The summed E-state index contributed by atoms with van der Waals surface area (Å²) in [7, 11) is 0. The molecule has 3 rings (SSSR count). The van der Waals surface area contributed by atoms with E-state index in [1.807, 2.05) is 24.3 Å². The van der Waals surface area contributed by atoms with Crippen LogP contribution in [-0.4, -0.2) is 164 Å². The highest BCUT2D eigenvalue weighted by molar-refractivity contribution is 5.79. The monoisotopic (exact) mass is 864 g/mol. The van der Waals surface area contributed by atoms with Crippen molar-refractivity contribution in [3.8, 4) is 11.1 Å². The molecule has 0 spiro atoms. The van der Waals surface area contributed by atoms with Crippen LogP contribution < -0.4 is 5.32 Å². The molecule has 2 aromatic carbocycles. The van der Waals surface area contributed by atoms with Crippen LogP contribution in [0.3, 0.4) is 0 Å². The first kappa shape index (κ1) is 52.1. The van der Waals surface area contributed by atoms with Crippen LogP contribution in [0.4, 0.5) is 4.79 Å². The number of esters is 1. The van der Waals surface area contributed by atoms with Crippen LogP contribution in [0.15, 0.2) is 48.5 Å². The maximum atomic E-state index is 12.3. The molecule has 2 aromatic rings. The standard InChI is InChI=1S/C46H73NO14/c1-2-3-4-5-6-16-45(48)60-38-37-59-36-35-58-34-33-57-32-31-56-30-29-55-28-27-54-26-25-53-24-23-52-22-21-51-20-19-50-18-11-17-47-46(49)61-39-44-42-14-9-7-12-40(42)41-13-8-10-15-43(41)44/h7-10,12-15,44H,2-6,11,16-39H2,1H3,(H,47,49). The zero-order chi connectivity index (χ0) is 43.1. The Morgan fingerprint density at radius 1 is 0.443 bits per heavy atom. The molecule has 0 heterocycles. The van der Waals surface area contributed by atoms with Crippen molar-refractivity contribution in [1.29, 1.82) is 0 Å². The highest BCUT2D eigenvalue weighted by Crippen LogP contribution is 2.44. The predicted molar refractivity (Wildman–Crippen MR) is 230 cm³/mol. The molecule has 346 valence electrons. The van der Waals surface area contributed by atoms with Crippen molar-refractivity contribution in [2.75, 3.05) is 152 Å². The van der Waals surface area contributed by atoms with Crippen molar-refractivity contribution in [2.24, 2.45) is 0 Å². The van der Waals surface area contributed by atoms with Crippen molar-refractivity contribution in [3.63, 3.8) is 0 Å². The fourth-order valence-corrected chi connectivity index (χ4v) is 6.25. The van der Waals surface area contributed by atoms with Gasteiger partial charge in [0.1, 0.15) is 13.2 Å². The van der Waals surface area contributed by atoms with Crippen LogP contribution in [0.2, 0.25) is 0 Å². The second kappa shape index (κ2) is 37.3. The molecule has 1 aliphatic carbocycles. The van der Waals surface area contributed by atoms with E-state index < -0.39 is 6.09 Å². The molecule has 1 N–H and O–H groups in total. The Balaban J connectivity index is 0.923. The number of benzene rings is 2. The van der Waals surface area contributed by atoms with Gasteiger partial charge in [0.15, 0.2) is 0 Å². The van der Waals surface area contributed by atoms with Gasteiger partial charge in [-0.2, -0.15) is 0 Å². The molecule has 1 aliphatic rings. The van der Waals surface area contributed by atoms with Gasteiger partial charge in [-0.3, -0.25) is 4.79 Å². The Bertz CT molecular complexity index is 1320. The number of rotatable bonds is 42. The van der Waals surface area contributed by atoms with Crippen LogP contribution in [0.25, 0.3) is 11.1 Å². The van der Waals surface area contributed by atoms with Gasteiger partial charge in [-0.25, -0.2) is 4.79 Å². The average Bonchev–Trinajstić information content (AvgIpc) is 3.60. The van der Waals surface area contributed by atoms with Gasteiger partial charge in [-0.05, 0) is 35.1 Å². The lowest BCUT2D eigenvalue weighted by Gasteiger charge is -2.14. The second-order valence-corrected chi connectivity index (χ2v) is 14.1. The number of carbonyl (C=O) groups excluding carboxylic acids is 2. The van der Waals surface area contributed by atoms with Gasteiger partial charge in [0.25, 0.3) is 0 Å². The Labute approximate surface area is 363 Å². The zero-order valence-corrected chi connectivity index (χ0v) is 36.6. The Morgan fingerprint density at radius 3 is 1.25 bits per heavy atom. The number of hydrogen-bond acceptors (Lipinski definition) is 14. The van der Waals surface area contributed by atoms with E-state index >= 15 is 0 Å². The largest absolute Gasteiger partial charge is 0.463 e. The summed E-state index contributed by atoms with van der Waals surface area (Å²) in [5.74, 6) is -0.105. The van der Waals surface area contributed by atoms with Gasteiger partial charge in [-0.15, -0.1) is 0 Å². The summed E-state index contributed by atoms with van der Waals surface area (Å²) in [4.78, 5) is 23.9. The lowest BCUT2D eigenvalue weighted by molar-refractivity contribution is -0.145. The summed E-state index contributed by atoms with van der Waals surface area (Å²) in [6, 6.07) is 16.6. The summed E-state index contributed by atoms with van der Waals surface area (Å²) < 4.78 is 65.8. The molecule has 1 amide bonds. The van der Waals surface area contributed by atoms with Crippen LogP contribution in [0.5, 0.6) is 0 Å². The number of ether oxygens (including phenoxy) is 12. The molecule has 0 fully saturated rings. The van der Waals surface area contributed by atoms with Crippen molar-refractivity contribution in [1.82, 2.24) is 5.32 Å². The quantitative estimate of drug-likeness (QED) is 0.0614. The van der Waals surface area contributed by atoms with Gasteiger partial charge in [0, 0.05) is 25.5 Å². The Morgan fingerprint density at radius 2 is 0.820 bits per heavy atom. The highest BCUT2D eigenvalue weighted by Gasteiger charge is 2.29. The third-order valence-corrected chi connectivity index (χ3v) is 9.40. The fourth-order valence-electron chi connectivity index (χ4n) is 6.25. The van der Waals surface area contributed by atoms with Crippen molar-refractivity contribution < 1.29 is 66.4 Å². The first-order valence-corrected chi connectivity index (χ1v) is 22.2. The van der Waals surface area contributed by atoms with Gasteiger partial charge >= 0.3 is 12.1 Å². The van der Waals surface area contributed by atoms with Crippen molar-refractivity contribution in [2.45, 2.75) is 57.8 Å². The summed E-state index contributed by atoms with van der Waals surface area (Å²) in [5, 5.41) is 2.81. The summed E-state index contributed by atoms with van der Waals surface area (Å²) in [6.45, 7) is 12.7. The van der Waals surface area contributed by atoms with E-state index in [9.17, 15) is 9.59 Å². The SMILES string of the molecule is CCCCCCCC(=O)OCCOCCOCCOCCOCCOCCOCCOCCOCCOCCOCCCNC(=O)OCC1c2ccccc2-c2ccccc21.